The first-order chi connectivity index (χ1) is 7.96. The molecule has 1 fully saturated rings. The third-order valence-corrected chi connectivity index (χ3v) is 5.15. The van der Waals surface area contributed by atoms with Gasteiger partial charge in [-0.25, -0.2) is 8.42 Å². The third-order valence-electron chi connectivity index (χ3n) is 2.84. The van der Waals surface area contributed by atoms with Gasteiger partial charge in [-0.15, -0.1) is 0 Å². The molecule has 0 radical (unpaired) electrons. The highest BCUT2D eigenvalue weighted by molar-refractivity contribution is 9.10. The Balaban J connectivity index is 2.13. The largest absolute Gasteiger partial charge is 0.397 e. The van der Waals surface area contributed by atoms with Gasteiger partial charge >= 0.3 is 0 Å². The lowest BCUT2D eigenvalue weighted by atomic mass is 10.1. The van der Waals surface area contributed by atoms with Crippen LogP contribution in [0.2, 0.25) is 0 Å². The maximum atomic E-state index is 11.5. The molecule has 0 amide bonds. The summed E-state index contributed by atoms with van der Waals surface area (Å²) in [6.07, 6.45) is 1.58. The maximum Gasteiger partial charge on any atom is 0.152 e. The Morgan fingerprint density at radius 2 is 2.18 bits per heavy atom. The summed E-state index contributed by atoms with van der Waals surface area (Å²) in [6, 6.07) is 5.49. The molecule has 3 N–H and O–H groups in total. The van der Waals surface area contributed by atoms with Crippen LogP contribution in [0.5, 0.6) is 0 Å². The molecule has 1 aromatic carbocycles. The molecule has 0 spiro atoms. The molecule has 1 aromatic rings. The molecule has 1 saturated heterocycles. The van der Waals surface area contributed by atoms with Crippen LogP contribution in [0.25, 0.3) is 0 Å². The van der Waals surface area contributed by atoms with Crippen LogP contribution in [0, 0.1) is 0 Å². The second kappa shape index (κ2) is 4.86. The van der Waals surface area contributed by atoms with Crippen molar-refractivity contribution in [1.82, 2.24) is 0 Å². The molecule has 0 aromatic heterocycles. The number of halogens is 1. The summed E-state index contributed by atoms with van der Waals surface area (Å²) >= 11 is 3.37. The zero-order valence-corrected chi connectivity index (χ0v) is 11.7. The number of hydrogen-bond donors (Lipinski definition) is 2. The SMILES string of the molecule is Nc1ccc(Br)cc1NC1CCCS(=O)(=O)C1. The van der Waals surface area contributed by atoms with Crippen LogP contribution < -0.4 is 11.1 Å². The van der Waals surface area contributed by atoms with Gasteiger partial charge in [-0.1, -0.05) is 15.9 Å². The molecule has 1 aliphatic heterocycles. The fourth-order valence-corrected chi connectivity index (χ4v) is 4.01. The molecule has 0 aliphatic carbocycles. The summed E-state index contributed by atoms with van der Waals surface area (Å²) in [5.41, 5.74) is 7.27. The van der Waals surface area contributed by atoms with Crippen LogP contribution in [0.1, 0.15) is 12.8 Å². The molecule has 4 nitrogen and oxygen atoms in total. The minimum Gasteiger partial charge on any atom is -0.397 e. The monoisotopic (exact) mass is 318 g/mol. The summed E-state index contributed by atoms with van der Waals surface area (Å²) in [6.45, 7) is 0. The molecule has 0 saturated carbocycles. The molecular formula is C11H15BrN2O2S. The Hall–Kier alpha value is -0.750. The number of benzene rings is 1. The van der Waals surface area contributed by atoms with Crippen molar-refractivity contribution in [1.29, 1.82) is 0 Å². The lowest BCUT2D eigenvalue weighted by Crippen LogP contribution is -2.35. The Labute approximate surface area is 110 Å². The minimum absolute atomic E-state index is 0.0367. The maximum absolute atomic E-state index is 11.5. The van der Waals surface area contributed by atoms with Gasteiger partial charge in [-0.05, 0) is 31.0 Å². The van der Waals surface area contributed by atoms with E-state index in [4.69, 9.17) is 5.73 Å². The van der Waals surface area contributed by atoms with Gasteiger partial charge in [0.25, 0.3) is 0 Å². The van der Waals surface area contributed by atoms with E-state index in [-0.39, 0.29) is 11.8 Å². The molecule has 17 heavy (non-hydrogen) atoms. The summed E-state index contributed by atoms with van der Waals surface area (Å²) in [5.74, 6) is 0.498. The summed E-state index contributed by atoms with van der Waals surface area (Å²) in [4.78, 5) is 0. The summed E-state index contributed by atoms with van der Waals surface area (Å²) < 4.78 is 24.0. The number of nitrogens with one attached hydrogen (secondary N) is 1. The standard InChI is InChI=1S/C11H15BrN2O2S/c12-8-3-4-10(13)11(6-8)14-9-2-1-5-17(15,16)7-9/h3-4,6,9,14H,1-2,5,7,13H2. The van der Waals surface area contributed by atoms with Crippen LogP contribution in [-0.4, -0.2) is 26.0 Å². The van der Waals surface area contributed by atoms with Crippen molar-refractivity contribution in [2.75, 3.05) is 22.6 Å². The second-order valence-electron chi connectivity index (χ2n) is 4.33. The average Bonchev–Trinajstić information content (AvgIpc) is 2.22. The Morgan fingerprint density at radius 3 is 2.88 bits per heavy atom. The summed E-state index contributed by atoms with van der Waals surface area (Å²) in [7, 11) is -2.89. The van der Waals surface area contributed by atoms with Crippen LogP contribution >= 0.6 is 15.9 Å². The first kappa shape index (κ1) is 12.7. The van der Waals surface area contributed by atoms with Gasteiger partial charge in [-0.2, -0.15) is 0 Å². The zero-order valence-electron chi connectivity index (χ0n) is 9.32. The highest BCUT2D eigenvalue weighted by Gasteiger charge is 2.24. The Bertz CT molecular complexity index is 516. The molecule has 94 valence electrons. The van der Waals surface area contributed by atoms with Gasteiger partial charge in [0, 0.05) is 10.5 Å². The van der Waals surface area contributed by atoms with Gasteiger partial charge in [0.15, 0.2) is 9.84 Å². The smallest absolute Gasteiger partial charge is 0.152 e. The van der Waals surface area contributed by atoms with Gasteiger partial charge in [0.2, 0.25) is 0 Å². The van der Waals surface area contributed by atoms with Crippen molar-refractivity contribution >= 4 is 37.1 Å². The number of rotatable bonds is 2. The average molecular weight is 319 g/mol. The van der Waals surface area contributed by atoms with Crippen molar-refractivity contribution in [3.05, 3.63) is 22.7 Å². The minimum atomic E-state index is -2.89. The number of nitrogen functional groups attached to an aromatic ring is 1. The van der Waals surface area contributed by atoms with Crippen molar-refractivity contribution < 1.29 is 8.42 Å². The van der Waals surface area contributed by atoms with E-state index in [1.807, 2.05) is 12.1 Å². The van der Waals surface area contributed by atoms with Gasteiger partial charge in [-0.3, -0.25) is 0 Å². The highest BCUT2D eigenvalue weighted by Crippen LogP contribution is 2.26. The van der Waals surface area contributed by atoms with Gasteiger partial charge in [0.1, 0.15) is 0 Å². The zero-order chi connectivity index (χ0) is 12.5. The van der Waals surface area contributed by atoms with E-state index in [0.29, 0.717) is 17.9 Å². The number of sulfone groups is 1. The van der Waals surface area contributed by atoms with Crippen molar-refractivity contribution in [3.8, 4) is 0 Å². The van der Waals surface area contributed by atoms with E-state index < -0.39 is 9.84 Å². The Morgan fingerprint density at radius 1 is 1.41 bits per heavy atom. The van der Waals surface area contributed by atoms with Gasteiger partial charge in [0.05, 0.1) is 22.9 Å². The van der Waals surface area contributed by atoms with E-state index in [1.54, 1.807) is 6.07 Å². The topological polar surface area (TPSA) is 72.2 Å². The molecule has 0 bridgehead atoms. The molecule has 2 rings (SSSR count). The molecule has 1 aliphatic rings. The number of anilines is 2. The molecule has 1 unspecified atom stereocenters. The molecule has 1 atom stereocenters. The van der Waals surface area contributed by atoms with Crippen molar-refractivity contribution in [2.45, 2.75) is 18.9 Å². The van der Waals surface area contributed by atoms with Crippen LogP contribution in [0.15, 0.2) is 22.7 Å². The fourth-order valence-electron chi connectivity index (χ4n) is 2.01. The van der Waals surface area contributed by atoms with Gasteiger partial charge < -0.3 is 11.1 Å². The third kappa shape index (κ3) is 3.35. The number of hydrogen-bond acceptors (Lipinski definition) is 4. The Kier molecular flexibility index (Phi) is 3.63. The van der Waals surface area contributed by atoms with E-state index in [1.165, 1.54) is 0 Å². The fraction of sp³-hybridized carbons (Fsp3) is 0.455. The predicted octanol–water partition coefficient (Wildman–Crippen LogP) is 2.02. The number of nitrogens with two attached hydrogens (primary N) is 1. The van der Waals surface area contributed by atoms with E-state index in [2.05, 4.69) is 21.2 Å². The lowest BCUT2D eigenvalue weighted by Gasteiger charge is -2.24. The molecular weight excluding hydrogens is 304 g/mol. The second-order valence-corrected chi connectivity index (χ2v) is 7.47. The first-order valence-corrected chi connectivity index (χ1v) is 8.10. The first-order valence-electron chi connectivity index (χ1n) is 5.48. The van der Waals surface area contributed by atoms with Crippen LogP contribution in [-0.2, 0) is 9.84 Å². The quantitative estimate of drug-likeness (QED) is 0.818. The van der Waals surface area contributed by atoms with E-state index in [9.17, 15) is 8.42 Å². The normalized spacial score (nSPS) is 23.2. The van der Waals surface area contributed by atoms with Crippen LogP contribution in [0.4, 0.5) is 11.4 Å². The predicted molar refractivity (Wildman–Crippen MR) is 73.9 cm³/mol. The molecule has 6 heteroatoms. The van der Waals surface area contributed by atoms with E-state index >= 15 is 0 Å². The van der Waals surface area contributed by atoms with Crippen molar-refractivity contribution in [3.63, 3.8) is 0 Å². The molecule has 1 heterocycles. The highest BCUT2D eigenvalue weighted by atomic mass is 79.9. The van der Waals surface area contributed by atoms with Crippen molar-refractivity contribution in [2.24, 2.45) is 0 Å². The van der Waals surface area contributed by atoms with E-state index in [0.717, 1.165) is 16.6 Å². The lowest BCUT2D eigenvalue weighted by molar-refractivity contribution is 0.562. The van der Waals surface area contributed by atoms with Crippen LogP contribution in [0.3, 0.4) is 0 Å². The summed E-state index contributed by atoms with van der Waals surface area (Å²) in [5, 5.41) is 3.21.